The molecular weight excluding hydrogens is 444 g/mol. The zero-order valence-electron chi connectivity index (χ0n) is 19.3. The average molecular weight is 475 g/mol. The number of hydrogen-bond acceptors (Lipinski definition) is 6. The molecule has 0 bridgehead atoms. The Labute approximate surface area is 194 Å². The number of anilines is 3. The summed E-state index contributed by atoms with van der Waals surface area (Å²) in [7, 11) is -2.03. The van der Waals surface area contributed by atoms with Crippen molar-refractivity contribution in [1.29, 1.82) is 0 Å². The third-order valence-corrected chi connectivity index (χ3v) is 7.56. The quantitative estimate of drug-likeness (QED) is 0.579. The van der Waals surface area contributed by atoms with Crippen molar-refractivity contribution >= 4 is 38.9 Å². The molecule has 0 aromatic heterocycles. The highest BCUT2D eigenvalue weighted by molar-refractivity contribution is 7.89. The molecule has 0 atom stereocenters. The molecule has 2 aromatic carbocycles. The van der Waals surface area contributed by atoms with Gasteiger partial charge in [-0.25, -0.2) is 8.42 Å². The van der Waals surface area contributed by atoms with Crippen molar-refractivity contribution in [2.45, 2.75) is 32.1 Å². The molecule has 1 aliphatic heterocycles. The number of fused-ring (bicyclic) bond motifs is 1. The van der Waals surface area contributed by atoms with Crippen molar-refractivity contribution < 1.29 is 22.7 Å². The van der Waals surface area contributed by atoms with Crippen LogP contribution >= 0.6 is 0 Å². The van der Waals surface area contributed by atoms with Crippen LogP contribution in [0.25, 0.3) is 0 Å². The highest BCUT2D eigenvalue weighted by atomic mass is 32.2. The van der Waals surface area contributed by atoms with Crippen LogP contribution in [0.3, 0.4) is 0 Å². The van der Waals surface area contributed by atoms with Gasteiger partial charge >= 0.3 is 0 Å². The van der Waals surface area contributed by atoms with Crippen LogP contribution in [0.4, 0.5) is 17.1 Å². The first kappa shape index (κ1) is 24.5. The third-order valence-electron chi connectivity index (χ3n) is 5.51. The van der Waals surface area contributed by atoms with E-state index < -0.39 is 10.0 Å². The van der Waals surface area contributed by atoms with Gasteiger partial charge in [0, 0.05) is 37.9 Å². The molecular formula is C23H30N4O5S. The number of methoxy groups -OCH3 is 1. The molecule has 0 saturated carbocycles. The maximum Gasteiger partial charge on any atom is 0.243 e. The van der Waals surface area contributed by atoms with E-state index in [1.807, 2.05) is 18.7 Å². The summed E-state index contributed by atoms with van der Waals surface area (Å²) in [4.78, 5) is 26.3. The van der Waals surface area contributed by atoms with Gasteiger partial charge in [-0.15, -0.1) is 0 Å². The monoisotopic (exact) mass is 474 g/mol. The Morgan fingerprint density at radius 2 is 1.82 bits per heavy atom. The Morgan fingerprint density at radius 3 is 2.45 bits per heavy atom. The van der Waals surface area contributed by atoms with Crippen LogP contribution in [0.15, 0.2) is 41.3 Å². The summed E-state index contributed by atoms with van der Waals surface area (Å²) in [6.07, 6.45) is 0.658. The van der Waals surface area contributed by atoms with Crippen molar-refractivity contribution in [1.82, 2.24) is 4.31 Å². The van der Waals surface area contributed by atoms with E-state index in [1.165, 1.54) is 18.3 Å². The lowest BCUT2D eigenvalue weighted by molar-refractivity contribution is -0.115. The van der Waals surface area contributed by atoms with E-state index >= 15 is 0 Å². The van der Waals surface area contributed by atoms with E-state index in [9.17, 15) is 18.0 Å². The summed E-state index contributed by atoms with van der Waals surface area (Å²) >= 11 is 0. The van der Waals surface area contributed by atoms with Gasteiger partial charge in [-0.05, 0) is 48.4 Å². The molecule has 178 valence electrons. The lowest BCUT2D eigenvalue weighted by Gasteiger charge is -2.21. The second kappa shape index (κ2) is 10.2. The largest absolute Gasteiger partial charge is 0.495 e. The van der Waals surface area contributed by atoms with E-state index in [-0.39, 0.29) is 23.3 Å². The van der Waals surface area contributed by atoms with Gasteiger partial charge in [-0.3, -0.25) is 9.59 Å². The first-order valence-corrected chi connectivity index (χ1v) is 12.3. The first-order valence-electron chi connectivity index (χ1n) is 10.8. The number of rotatable bonds is 9. The number of benzene rings is 2. The smallest absolute Gasteiger partial charge is 0.243 e. The van der Waals surface area contributed by atoms with Crippen molar-refractivity contribution in [2.24, 2.45) is 0 Å². The van der Waals surface area contributed by atoms with E-state index in [0.717, 1.165) is 11.3 Å². The summed E-state index contributed by atoms with van der Waals surface area (Å²) in [6, 6.07) is 10.1. The second-order valence-corrected chi connectivity index (χ2v) is 9.63. The Kier molecular flexibility index (Phi) is 7.60. The Morgan fingerprint density at radius 1 is 1.09 bits per heavy atom. The van der Waals surface area contributed by atoms with Gasteiger partial charge in [0.25, 0.3) is 0 Å². The molecule has 0 saturated heterocycles. The maximum atomic E-state index is 12.8. The van der Waals surface area contributed by atoms with Gasteiger partial charge in [0.1, 0.15) is 5.75 Å². The minimum absolute atomic E-state index is 0.0999. The standard InChI is InChI=1S/C23H30N4O5S/c1-5-27(6-2)33(30,31)19-8-9-21-17(13-19)11-12-26(21)15-23(29)25-20-14-18(24-16(3)28)7-10-22(20)32-4/h7-10,13-14H,5-6,11-12,15H2,1-4H3,(H,24,28)(H,25,29). The van der Waals surface area contributed by atoms with Gasteiger partial charge < -0.3 is 20.3 Å². The molecule has 0 radical (unpaired) electrons. The zero-order valence-corrected chi connectivity index (χ0v) is 20.2. The molecule has 10 heteroatoms. The predicted molar refractivity (Wildman–Crippen MR) is 128 cm³/mol. The molecule has 1 aliphatic rings. The van der Waals surface area contributed by atoms with Gasteiger partial charge in [0.2, 0.25) is 21.8 Å². The van der Waals surface area contributed by atoms with Crippen LogP contribution in [-0.2, 0) is 26.0 Å². The molecule has 2 aromatic rings. The fourth-order valence-electron chi connectivity index (χ4n) is 3.93. The average Bonchev–Trinajstić information content (AvgIpc) is 3.16. The van der Waals surface area contributed by atoms with E-state index in [1.54, 1.807) is 36.4 Å². The SMILES string of the molecule is CCN(CC)S(=O)(=O)c1ccc2c(c1)CCN2CC(=O)Nc1cc(NC(C)=O)ccc1OC. The van der Waals surface area contributed by atoms with Gasteiger partial charge in [-0.2, -0.15) is 4.31 Å². The van der Waals surface area contributed by atoms with Gasteiger partial charge in [-0.1, -0.05) is 13.8 Å². The fourth-order valence-corrected chi connectivity index (χ4v) is 5.44. The van der Waals surface area contributed by atoms with Crippen molar-refractivity contribution in [2.75, 3.05) is 48.8 Å². The number of nitrogens with zero attached hydrogens (tertiary/aromatic N) is 2. The molecule has 0 fully saturated rings. The van der Waals surface area contributed by atoms with Crippen LogP contribution in [0.5, 0.6) is 5.75 Å². The lowest BCUT2D eigenvalue weighted by atomic mass is 10.2. The molecule has 1 heterocycles. The van der Waals surface area contributed by atoms with Crippen LogP contribution < -0.4 is 20.3 Å². The number of hydrogen-bond donors (Lipinski definition) is 2. The fraction of sp³-hybridized carbons (Fsp3) is 0.391. The molecule has 2 amide bonds. The summed E-state index contributed by atoms with van der Waals surface area (Å²) in [6.45, 7) is 6.57. The normalized spacial score (nSPS) is 13.1. The molecule has 3 rings (SSSR count). The Bertz CT molecular complexity index is 1150. The predicted octanol–water partition coefficient (Wildman–Crippen LogP) is 2.69. The highest BCUT2D eigenvalue weighted by Crippen LogP contribution is 2.32. The van der Waals surface area contributed by atoms with E-state index in [4.69, 9.17) is 4.74 Å². The van der Waals surface area contributed by atoms with Gasteiger partial charge in [0.15, 0.2) is 0 Å². The maximum absolute atomic E-state index is 12.8. The Hall–Kier alpha value is -3.11. The van der Waals surface area contributed by atoms with Crippen LogP contribution in [-0.4, -0.2) is 57.8 Å². The summed E-state index contributed by atoms with van der Waals surface area (Å²) < 4.78 is 32.4. The molecule has 0 spiro atoms. The lowest BCUT2D eigenvalue weighted by Crippen LogP contribution is -2.32. The third kappa shape index (κ3) is 5.45. The molecule has 0 unspecified atom stereocenters. The molecule has 0 aliphatic carbocycles. The molecule has 33 heavy (non-hydrogen) atoms. The topological polar surface area (TPSA) is 108 Å². The number of ether oxygens (including phenoxy) is 1. The van der Waals surface area contributed by atoms with Crippen LogP contribution in [0.2, 0.25) is 0 Å². The number of sulfonamides is 1. The minimum atomic E-state index is -3.53. The number of nitrogens with one attached hydrogen (secondary N) is 2. The summed E-state index contributed by atoms with van der Waals surface area (Å²) in [5.41, 5.74) is 2.75. The summed E-state index contributed by atoms with van der Waals surface area (Å²) in [5.74, 6) is 0.0139. The van der Waals surface area contributed by atoms with Crippen molar-refractivity contribution in [3.05, 3.63) is 42.0 Å². The van der Waals surface area contributed by atoms with Crippen molar-refractivity contribution in [3.63, 3.8) is 0 Å². The number of carbonyl (C=O) groups is 2. The first-order chi connectivity index (χ1) is 15.7. The minimum Gasteiger partial charge on any atom is -0.495 e. The second-order valence-electron chi connectivity index (χ2n) is 7.70. The molecule has 9 nitrogen and oxygen atoms in total. The van der Waals surface area contributed by atoms with Crippen LogP contribution in [0.1, 0.15) is 26.3 Å². The van der Waals surface area contributed by atoms with Crippen molar-refractivity contribution in [3.8, 4) is 5.75 Å². The molecule has 2 N–H and O–H groups in total. The van der Waals surface area contributed by atoms with E-state index in [2.05, 4.69) is 10.6 Å². The zero-order chi connectivity index (χ0) is 24.2. The highest BCUT2D eigenvalue weighted by Gasteiger charge is 2.26. The van der Waals surface area contributed by atoms with Gasteiger partial charge in [0.05, 0.1) is 24.2 Å². The summed E-state index contributed by atoms with van der Waals surface area (Å²) in [5, 5.41) is 5.52. The number of carbonyl (C=O) groups excluding carboxylic acids is 2. The van der Waals surface area contributed by atoms with Crippen LogP contribution in [0, 0.1) is 0 Å². The van der Waals surface area contributed by atoms with E-state index in [0.29, 0.717) is 43.2 Å². The Balaban J connectivity index is 1.74. The number of amides is 2.